The predicted molar refractivity (Wildman–Crippen MR) is 83.2 cm³/mol. The Bertz CT molecular complexity index is 557. The number of thiocarbonyl (C=S) groups is 1. The summed E-state index contributed by atoms with van der Waals surface area (Å²) in [6.07, 6.45) is 0. The fraction of sp³-hybridized carbons (Fsp3) is 0.357. The Labute approximate surface area is 128 Å². The Kier molecular flexibility index (Phi) is 4.73. The summed E-state index contributed by atoms with van der Waals surface area (Å²) in [4.78, 5) is 16.3. The number of rotatable bonds is 3. The number of benzene rings is 1. The van der Waals surface area contributed by atoms with Crippen LogP contribution in [0.15, 0.2) is 29.3 Å². The number of ether oxygens (including phenoxy) is 1. The first-order chi connectivity index (χ1) is 9.52. The molecule has 4 nitrogen and oxygen atoms in total. The summed E-state index contributed by atoms with van der Waals surface area (Å²) in [5, 5.41) is 4.09. The van der Waals surface area contributed by atoms with E-state index in [0.717, 1.165) is 5.56 Å². The molecule has 106 valence electrons. The van der Waals surface area contributed by atoms with Crippen molar-refractivity contribution in [1.29, 1.82) is 0 Å². The van der Waals surface area contributed by atoms with Crippen molar-refractivity contribution in [3.05, 3.63) is 34.9 Å². The number of halogens is 1. The molecule has 0 spiro atoms. The van der Waals surface area contributed by atoms with Crippen LogP contribution < -0.4 is 5.32 Å². The van der Waals surface area contributed by atoms with Crippen LogP contribution in [0.3, 0.4) is 0 Å². The van der Waals surface area contributed by atoms with E-state index >= 15 is 0 Å². The van der Waals surface area contributed by atoms with Gasteiger partial charge in [-0.1, -0.05) is 23.7 Å². The fourth-order valence-electron chi connectivity index (χ4n) is 2.20. The van der Waals surface area contributed by atoms with Gasteiger partial charge in [-0.2, -0.15) is 0 Å². The van der Waals surface area contributed by atoms with Gasteiger partial charge in [-0.15, -0.1) is 0 Å². The van der Waals surface area contributed by atoms with E-state index in [4.69, 9.17) is 28.6 Å². The second-order valence-electron chi connectivity index (χ2n) is 4.46. The topological polar surface area (TPSA) is 50.7 Å². The van der Waals surface area contributed by atoms with E-state index in [1.54, 1.807) is 26.0 Å². The van der Waals surface area contributed by atoms with Crippen molar-refractivity contribution in [2.24, 2.45) is 10.9 Å². The standard InChI is InChI=1S/C14H15ClN2O2S/c1-3-19-13(18)11-8(2)16-14(20)17-12(11)9-4-6-10(15)7-5-9/h4-7,11-12H,3H2,1-2H3,(H,17,20). The Morgan fingerprint density at radius 2 is 2.10 bits per heavy atom. The Hall–Kier alpha value is -1.46. The number of aliphatic imine (C=N–C) groups is 1. The highest BCUT2D eigenvalue weighted by Gasteiger charge is 2.36. The van der Waals surface area contributed by atoms with Crippen LogP contribution in [0.25, 0.3) is 0 Å². The SMILES string of the molecule is CCOC(=O)C1C(C)=NC(=S)NC1c1ccc(Cl)cc1. The monoisotopic (exact) mass is 310 g/mol. The van der Waals surface area contributed by atoms with Gasteiger partial charge in [-0.25, -0.2) is 4.99 Å². The maximum absolute atomic E-state index is 12.2. The average Bonchev–Trinajstić information content (AvgIpc) is 2.38. The third kappa shape index (κ3) is 3.16. The zero-order valence-electron chi connectivity index (χ0n) is 11.2. The van der Waals surface area contributed by atoms with Gasteiger partial charge in [0.2, 0.25) is 0 Å². The van der Waals surface area contributed by atoms with Crippen molar-refractivity contribution in [3.8, 4) is 0 Å². The molecular weight excluding hydrogens is 296 g/mol. The van der Waals surface area contributed by atoms with Crippen molar-refractivity contribution >= 4 is 40.6 Å². The molecule has 2 rings (SSSR count). The lowest BCUT2D eigenvalue weighted by atomic mass is 9.88. The van der Waals surface area contributed by atoms with Crippen molar-refractivity contribution < 1.29 is 9.53 Å². The molecule has 2 unspecified atom stereocenters. The molecule has 0 fully saturated rings. The zero-order chi connectivity index (χ0) is 14.7. The third-order valence-corrected chi connectivity index (χ3v) is 3.57. The number of nitrogens with zero attached hydrogens (tertiary/aromatic N) is 1. The van der Waals surface area contributed by atoms with E-state index in [1.807, 2.05) is 12.1 Å². The summed E-state index contributed by atoms with van der Waals surface area (Å²) < 4.78 is 5.13. The van der Waals surface area contributed by atoms with Gasteiger partial charge in [0.15, 0.2) is 5.11 Å². The van der Waals surface area contributed by atoms with Crippen molar-refractivity contribution in [2.75, 3.05) is 6.61 Å². The zero-order valence-corrected chi connectivity index (χ0v) is 12.8. The van der Waals surface area contributed by atoms with Gasteiger partial charge in [0.25, 0.3) is 0 Å². The number of carbonyl (C=O) groups excluding carboxylic acids is 1. The van der Waals surface area contributed by atoms with Gasteiger partial charge in [-0.3, -0.25) is 4.79 Å². The van der Waals surface area contributed by atoms with Crippen LogP contribution in [-0.2, 0) is 9.53 Å². The average molecular weight is 311 g/mol. The quantitative estimate of drug-likeness (QED) is 0.689. The summed E-state index contributed by atoms with van der Waals surface area (Å²) in [5.41, 5.74) is 1.58. The molecule has 0 bridgehead atoms. The molecular formula is C14H15ClN2O2S. The Balaban J connectivity index is 2.37. The minimum Gasteiger partial charge on any atom is -0.465 e. The molecule has 20 heavy (non-hydrogen) atoms. The van der Waals surface area contributed by atoms with Crippen LogP contribution in [0.1, 0.15) is 25.5 Å². The van der Waals surface area contributed by atoms with Crippen molar-refractivity contribution in [3.63, 3.8) is 0 Å². The summed E-state index contributed by atoms with van der Waals surface area (Å²) in [6, 6.07) is 7.02. The minimum absolute atomic E-state index is 0.281. The van der Waals surface area contributed by atoms with Crippen LogP contribution in [0.4, 0.5) is 0 Å². The number of nitrogens with one attached hydrogen (secondary N) is 1. The van der Waals surface area contributed by atoms with Crippen LogP contribution in [0.5, 0.6) is 0 Å². The van der Waals surface area contributed by atoms with Gasteiger partial charge in [0.05, 0.1) is 12.6 Å². The van der Waals surface area contributed by atoms with E-state index in [9.17, 15) is 4.79 Å². The maximum Gasteiger partial charge on any atom is 0.317 e. The molecule has 0 saturated carbocycles. The normalized spacial score (nSPS) is 21.9. The highest BCUT2D eigenvalue weighted by molar-refractivity contribution is 7.80. The van der Waals surface area contributed by atoms with Crippen LogP contribution in [-0.4, -0.2) is 23.4 Å². The van der Waals surface area contributed by atoms with E-state index in [2.05, 4.69) is 10.3 Å². The van der Waals surface area contributed by atoms with Gasteiger partial charge < -0.3 is 10.1 Å². The summed E-state index contributed by atoms with van der Waals surface area (Å²) in [7, 11) is 0. The molecule has 1 N–H and O–H groups in total. The first-order valence-electron chi connectivity index (χ1n) is 6.30. The minimum atomic E-state index is -0.483. The number of esters is 1. The molecule has 1 aliphatic rings. The van der Waals surface area contributed by atoms with E-state index in [0.29, 0.717) is 22.5 Å². The molecule has 1 aromatic rings. The van der Waals surface area contributed by atoms with Gasteiger partial charge in [0.1, 0.15) is 5.92 Å². The highest BCUT2D eigenvalue weighted by Crippen LogP contribution is 2.28. The molecule has 6 heteroatoms. The molecule has 2 atom stereocenters. The van der Waals surface area contributed by atoms with E-state index in [-0.39, 0.29) is 12.0 Å². The van der Waals surface area contributed by atoms with E-state index in [1.165, 1.54) is 0 Å². The van der Waals surface area contributed by atoms with Crippen molar-refractivity contribution in [2.45, 2.75) is 19.9 Å². The number of hydrogen-bond acceptors (Lipinski definition) is 3. The molecule has 0 aromatic heterocycles. The number of hydrogen-bond donors (Lipinski definition) is 1. The Morgan fingerprint density at radius 1 is 1.45 bits per heavy atom. The predicted octanol–water partition coefficient (Wildman–Crippen LogP) is 2.91. The summed E-state index contributed by atoms with van der Waals surface area (Å²) >= 11 is 11.0. The van der Waals surface area contributed by atoms with Crippen LogP contribution in [0.2, 0.25) is 5.02 Å². The van der Waals surface area contributed by atoms with E-state index < -0.39 is 5.92 Å². The van der Waals surface area contributed by atoms with Gasteiger partial charge in [-0.05, 0) is 43.8 Å². The third-order valence-electron chi connectivity index (χ3n) is 3.11. The Morgan fingerprint density at radius 3 is 2.70 bits per heavy atom. The lowest BCUT2D eigenvalue weighted by Crippen LogP contribution is -2.44. The molecule has 0 saturated heterocycles. The second-order valence-corrected chi connectivity index (χ2v) is 5.28. The molecule has 1 aromatic carbocycles. The molecule has 1 aliphatic heterocycles. The van der Waals surface area contributed by atoms with Crippen LogP contribution in [0, 0.1) is 5.92 Å². The lowest BCUT2D eigenvalue weighted by Gasteiger charge is -2.30. The van der Waals surface area contributed by atoms with Gasteiger partial charge in [0, 0.05) is 10.7 Å². The molecule has 0 amide bonds. The second kappa shape index (κ2) is 6.33. The van der Waals surface area contributed by atoms with Crippen molar-refractivity contribution in [1.82, 2.24) is 5.32 Å². The largest absolute Gasteiger partial charge is 0.465 e. The first-order valence-corrected chi connectivity index (χ1v) is 7.09. The first kappa shape index (κ1) is 14.9. The molecule has 1 heterocycles. The summed E-state index contributed by atoms with van der Waals surface area (Å²) in [6.45, 7) is 3.90. The summed E-state index contributed by atoms with van der Waals surface area (Å²) in [5.74, 6) is -0.786. The lowest BCUT2D eigenvalue weighted by molar-refractivity contribution is -0.146. The smallest absolute Gasteiger partial charge is 0.317 e. The maximum atomic E-state index is 12.2. The van der Waals surface area contributed by atoms with Crippen LogP contribution >= 0.6 is 23.8 Å². The fourth-order valence-corrected chi connectivity index (χ4v) is 2.60. The molecule has 0 radical (unpaired) electrons. The number of carbonyl (C=O) groups is 1. The highest BCUT2D eigenvalue weighted by atomic mass is 35.5. The van der Waals surface area contributed by atoms with Gasteiger partial charge >= 0.3 is 5.97 Å². The molecule has 0 aliphatic carbocycles.